The van der Waals surface area contributed by atoms with Crippen LogP contribution in [-0.4, -0.2) is 5.91 Å². The molecule has 5 heteroatoms. The number of amides is 1. The maximum Gasteiger partial charge on any atom is 0.248 e. The van der Waals surface area contributed by atoms with Crippen molar-refractivity contribution in [1.82, 2.24) is 0 Å². The molecule has 0 aliphatic rings. The van der Waals surface area contributed by atoms with Crippen LogP contribution in [0.15, 0.2) is 45.3 Å². The van der Waals surface area contributed by atoms with Gasteiger partial charge in [-0.05, 0) is 43.3 Å². The van der Waals surface area contributed by atoms with Crippen molar-refractivity contribution in [3.63, 3.8) is 0 Å². The first-order chi connectivity index (χ1) is 9.04. The van der Waals surface area contributed by atoms with E-state index in [4.69, 9.17) is 4.42 Å². The third-order valence-electron chi connectivity index (χ3n) is 2.35. The van der Waals surface area contributed by atoms with Gasteiger partial charge in [0.1, 0.15) is 17.3 Å². The van der Waals surface area contributed by atoms with E-state index in [1.54, 1.807) is 18.2 Å². The van der Waals surface area contributed by atoms with Crippen LogP contribution in [0.4, 0.5) is 10.1 Å². The number of anilines is 1. The molecule has 1 amide bonds. The summed E-state index contributed by atoms with van der Waals surface area (Å²) in [5, 5.41) is 2.45. The van der Waals surface area contributed by atoms with Gasteiger partial charge in [0.2, 0.25) is 5.91 Å². The Balaban J connectivity index is 2.03. The number of benzene rings is 1. The summed E-state index contributed by atoms with van der Waals surface area (Å²) in [6.07, 6.45) is 2.82. The Bertz CT molecular complexity index is 634. The summed E-state index contributed by atoms with van der Waals surface area (Å²) in [6.45, 7) is 1.81. The molecule has 0 aliphatic carbocycles. The van der Waals surface area contributed by atoms with Crippen molar-refractivity contribution in [3.8, 4) is 0 Å². The molecule has 19 heavy (non-hydrogen) atoms. The highest BCUT2D eigenvalue weighted by atomic mass is 79.9. The van der Waals surface area contributed by atoms with Crippen LogP contribution in [0.1, 0.15) is 11.5 Å². The summed E-state index contributed by atoms with van der Waals surface area (Å²) in [5.74, 6) is 0.420. The molecule has 0 unspecified atom stereocenters. The molecule has 0 fully saturated rings. The van der Waals surface area contributed by atoms with Gasteiger partial charge in [0.15, 0.2) is 0 Å². The number of nitrogens with one attached hydrogen (secondary N) is 1. The maximum atomic E-state index is 13.5. The van der Waals surface area contributed by atoms with E-state index < -0.39 is 11.7 Å². The first kappa shape index (κ1) is 13.5. The molecule has 0 radical (unpaired) electrons. The van der Waals surface area contributed by atoms with Crippen LogP contribution in [0.3, 0.4) is 0 Å². The number of halogens is 2. The zero-order valence-corrected chi connectivity index (χ0v) is 11.7. The molecule has 0 spiro atoms. The average Bonchev–Trinajstić information content (AvgIpc) is 2.76. The molecule has 0 saturated heterocycles. The highest BCUT2D eigenvalue weighted by Crippen LogP contribution is 2.19. The second-order valence-electron chi connectivity index (χ2n) is 3.90. The first-order valence-corrected chi connectivity index (χ1v) is 6.34. The Hall–Kier alpha value is -1.88. The normalized spacial score (nSPS) is 10.9. The van der Waals surface area contributed by atoms with Crippen molar-refractivity contribution < 1.29 is 13.6 Å². The summed E-state index contributed by atoms with van der Waals surface area (Å²) in [7, 11) is 0. The molecule has 0 saturated carbocycles. The molecular formula is C14H11BrFNO2. The van der Waals surface area contributed by atoms with E-state index in [9.17, 15) is 9.18 Å². The summed E-state index contributed by atoms with van der Waals surface area (Å²) < 4.78 is 19.4. The minimum atomic E-state index is -0.495. The number of hydrogen-bond donors (Lipinski definition) is 1. The number of furan rings is 1. The Labute approximate surface area is 118 Å². The van der Waals surface area contributed by atoms with Gasteiger partial charge in [0.25, 0.3) is 0 Å². The summed E-state index contributed by atoms with van der Waals surface area (Å²) in [6, 6.07) is 7.97. The quantitative estimate of drug-likeness (QED) is 0.862. The highest BCUT2D eigenvalue weighted by molar-refractivity contribution is 9.10. The monoisotopic (exact) mass is 323 g/mol. The lowest BCUT2D eigenvalue weighted by atomic mass is 10.3. The Morgan fingerprint density at radius 1 is 1.37 bits per heavy atom. The molecule has 3 nitrogen and oxygen atoms in total. The van der Waals surface area contributed by atoms with E-state index in [1.807, 2.05) is 6.92 Å². The largest absolute Gasteiger partial charge is 0.462 e. The maximum absolute atomic E-state index is 13.5. The van der Waals surface area contributed by atoms with Crippen molar-refractivity contribution in [2.45, 2.75) is 6.92 Å². The van der Waals surface area contributed by atoms with Crippen LogP contribution in [-0.2, 0) is 4.79 Å². The molecule has 0 bridgehead atoms. The first-order valence-electron chi connectivity index (χ1n) is 5.55. The lowest BCUT2D eigenvalue weighted by molar-refractivity contribution is -0.111. The summed E-state index contributed by atoms with van der Waals surface area (Å²) in [5.41, 5.74) is 0.133. The highest BCUT2D eigenvalue weighted by Gasteiger charge is 2.05. The Morgan fingerprint density at radius 3 is 2.79 bits per heavy atom. The van der Waals surface area contributed by atoms with Crippen molar-refractivity contribution in [2.24, 2.45) is 0 Å². The van der Waals surface area contributed by atoms with Crippen LogP contribution in [0.25, 0.3) is 6.08 Å². The molecular weight excluding hydrogens is 313 g/mol. The lowest BCUT2D eigenvalue weighted by Gasteiger charge is -2.03. The molecule has 2 aromatic rings. The Kier molecular flexibility index (Phi) is 4.16. The lowest BCUT2D eigenvalue weighted by Crippen LogP contribution is -2.09. The summed E-state index contributed by atoms with van der Waals surface area (Å²) >= 11 is 3.15. The van der Waals surface area contributed by atoms with Gasteiger partial charge in [-0.3, -0.25) is 4.79 Å². The van der Waals surface area contributed by atoms with Gasteiger partial charge >= 0.3 is 0 Å². The molecule has 2 rings (SSSR count). The third kappa shape index (κ3) is 3.79. The number of carbonyl (C=O) groups excluding carboxylic acids is 1. The van der Waals surface area contributed by atoms with E-state index in [-0.39, 0.29) is 5.69 Å². The third-order valence-corrected chi connectivity index (χ3v) is 2.84. The van der Waals surface area contributed by atoms with E-state index in [0.29, 0.717) is 10.2 Å². The van der Waals surface area contributed by atoms with Gasteiger partial charge in [-0.25, -0.2) is 4.39 Å². The van der Waals surface area contributed by atoms with E-state index >= 15 is 0 Å². The van der Waals surface area contributed by atoms with Crippen molar-refractivity contribution in [2.75, 3.05) is 5.32 Å². The zero-order chi connectivity index (χ0) is 13.8. The van der Waals surface area contributed by atoms with Gasteiger partial charge in [-0.2, -0.15) is 0 Å². The molecule has 1 heterocycles. The van der Waals surface area contributed by atoms with E-state index in [1.165, 1.54) is 24.3 Å². The van der Waals surface area contributed by atoms with Crippen LogP contribution in [0.5, 0.6) is 0 Å². The smallest absolute Gasteiger partial charge is 0.248 e. The summed E-state index contributed by atoms with van der Waals surface area (Å²) in [4.78, 5) is 11.6. The van der Waals surface area contributed by atoms with Gasteiger partial charge in [-0.15, -0.1) is 0 Å². The van der Waals surface area contributed by atoms with Crippen LogP contribution in [0.2, 0.25) is 0 Å². The second kappa shape index (κ2) is 5.84. The number of carbonyl (C=O) groups is 1. The van der Waals surface area contributed by atoms with Crippen molar-refractivity contribution in [1.29, 1.82) is 0 Å². The molecule has 1 aromatic carbocycles. The predicted molar refractivity (Wildman–Crippen MR) is 75.2 cm³/mol. The van der Waals surface area contributed by atoms with E-state index in [2.05, 4.69) is 21.2 Å². The van der Waals surface area contributed by atoms with Crippen molar-refractivity contribution in [3.05, 3.63) is 58.2 Å². The van der Waals surface area contributed by atoms with Crippen molar-refractivity contribution >= 4 is 33.6 Å². The number of aryl methyl sites for hydroxylation is 1. The fourth-order valence-electron chi connectivity index (χ4n) is 1.47. The van der Waals surface area contributed by atoms with Gasteiger partial charge < -0.3 is 9.73 Å². The Morgan fingerprint density at radius 2 is 2.16 bits per heavy atom. The van der Waals surface area contributed by atoms with Crippen LogP contribution >= 0.6 is 15.9 Å². The average molecular weight is 324 g/mol. The molecule has 1 aromatic heterocycles. The van der Waals surface area contributed by atoms with Crippen LogP contribution < -0.4 is 5.32 Å². The van der Waals surface area contributed by atoms with Gasteiger partial charge in [-0.1, -0.05) is 15.9 Å². The zero-order valence-electron chi connectivity index (χ0n) is 10.1. The van der Waals surface area contributed by atoms with E-state index in [0.717, 1.165) is 5.76 Å². The minimum absolute atomic E-state index is 0.133. The standard InChI is InChI=1S/C14H11BrFNO2/c1-9-2-4-11(19-9)5-7-14(18)17-13-6-3-10(15)8-12(13)16/h2-8H,1H3,(H,17,18). The van der Waals surface area contributed by atoms with Gasteiger partial charge in [0, 0.05) is 10.5 Å². The predicted octanol–water partition coefficient (Wildman–Crippen LogP) is 4.14. The topological polar surface area (TPSA) is 42.2 Å². The molecule has 98 valence electrons. The molecule has 0 aliphatic heterocycles. The molecule has 0 atom stereocenters. The number of rotatable bonds is 3. The SMILES string of the molecule is Cc1ccc(C=CC(=O)Nc2ccc(Br)cc2F)o1. The van der Waals surface area contributed by atoms with Gasteiger partial charge in [0.05, 0.1) is 5.69 Å². The minimum Gasteiger partial charge on any atom is -0.462 e. The molecule has 1 N–H and O–H groups in total. The second-order valence-corrected chi connectivity index (χ2v) is 4.81. The van der Waals surface area contributed by atoms with Crippen LogP contribution in [0, 0.1) is 12.7 Å². The fraction of sp³-hybridized carbons (Fsp3) is 0.0714. The fourth-order valence-corrected chi connectivity index (χ4v) is 1.80. The number of hydrogen-bond acceptors (Lipinski definition) is 2.